The van der Waals surface area contributed by atoms with E-state index in [2.05, 4.69) is 20.0 Å². The lowest BCUT2D eigenvalue weighted by Crippen LogP contribution is -2.49. The van der Waals surface area contributed by atoms with Crippen LogP contribution in [0.1, 0.15) is 11.1 Å². The van der Waals surface area contributed by atoms with Gasteiger partial charge in [0.25, 0.3) is 0 Å². The van der Waals surface area contributed by atoms with Crippen LogP contribution < -0.4 is 4.90 Å². The van der Waals surface area contributed by atoms with E-state index in [1.54, 1.807) is 15.2 Å². The summed E-state index contributed by atoms with van der Waals surface area (Å²) in [7, 11) is -3.34. The van der Waals surface area contributed by atoms with Crippen molar-refractivity contribution in [3.05, 3.63) is 66.2 Å². The molecule has 0 aliphatic carbocycles. The Bertz CT molecular complexity index is 1030. The fraction of sp³-hybridized carbons (Fsp3) is 0.316. The van der Waals surface area contributed by atoms with Crippen molar-refractivity contribution in [3.63, 3.8) is 0 Å². The quantitative estimate of drug-likeness (QED) is 0.649. The topological polar surface area (TPSA) is 84.2 Å². The monoisotopic (exact) mass is 398 g/mol. The highest BCUT2D eigenvalue weighted by molar-refractivity contribution is 7.88. The van der Waals surface area contributed by atoms with Gasteiger partial charge in [0, 0.05) is 44.6 Å². The van der Waals surface area contributed by atoms with Crippen molar-refractivity contribution in [1.29, 1.82) is 0 Å². The molecule has 1 fully saturated rings. The van der Waals surface area contributed by atoms with Gasteiger partial charge in [0.15, 0.2) is 5.82 Å². The number of hydrogen-bond donors (Lipinski definition) is 0. The summed E-state index contributed by atoms with van der Waals surface area (Å²) in [5, 5.41) is 4.18. The van der Waals surface area contributed by atoms with Gasteiger partial charge in [0.05, 0.1) is 5.75 Å². The first-order valence-corrected chi connectivity index (χ1v) is 10.7. The molecular weight excluding hydrogens is 376 g/mol. The van der Waals surface area contributed by atoms with Gasteiger partial charge in [-0.1, -0.05) is 29.8 Å². The Labute approximate surface area is 164 Å². The molecule has 2 aromatic heterocycles. The van der Waals surface area contributed by atoms with Crippen LogP contribution in [-0.2, 0) is 15.8 Å². The molecular formula is C19H22N6O2S. The minimum atomic E-state index is -3.34. The number of aromatic nitrogens is 4. The van der Waals surface area contributed by atoms with E-state index in [-0.39, 0.29) is 5.75 Å². The van der Waals surface area contributed by atoms with Crippen LogP contribution in [0.5, 0.6) is 0 Å². The third-order valence-electron chi connectivity index (χ3n) is 4.80. The van der Waals surface area contributed by atoms with Gasteiger partial charge >= 0.3 is 0 Å². The molecule has 1 aromatic carbocycles. The lowest BCUT2D eigenvalue weighted by molar-refractivity contribution is 0.383. The second kappa shape index (κ2) is 7.69. The molecule has 9 heteroatoms. The van der Waals surface area contributed by atoms with Crippen LogP contribution in [0.4, 0.5) is 5.82 Å². The molecule has 0 atom stereocenters. The van der Waals surface area contributed by atoms with E-state index < -0.39 is 10.0 Å². The number of sulfonamides is 1. The Morgan fingerprint density at radius 1 is 1.00 bits per heavy atom. The van der Waals surface area contributed by atoms with Gasteiger partial charge in [-0.25, -0.2) is 23.1 Å². The average Bonchev–Trinajstić information content (AvgIpc) is 3.25. The predicted molar refractivity (Wildman–Crippen MR) is 107 cm³/mol. The molecule has 0 spiro atoms. The van der Waals surface area contributed by atoms with Gasteiger partial charge < -0.3 is 4.90 Å². The summed E-state index contributed by atoms with van der Waals surface area (Å²) >= 11 is 0. The number of benzene rings is 1. The van der Waals surface area contributed by atoms with Crippen molar-refractivity contribution in [3.8, 4) is 5.82 Å². The van der Waals surface area contributed by atoms with Gasteiger partial charge in [-0.3, -0.25) is 0 Å². The molecule has 0 N–H and O–H groups in total. The predicted octanol–water partition coefficient (Wildman–Crippen LogP) is 1.62. The van der Waals surface area contributed by atoms with Crippen LogP contribution in [0.3, 0.4) is 0 Å². The van der Waals surface area contributed by atoms with Crippen LogP contribution in [0, 0.1) is 6.92 Å². The third kappa shape index (κ3) is 4.05. The fourth-order valence-electron chi connectivity index (χ4n) is 3.22. The molecule has 146 valence electrons. The maximum atomic E-state index is 12.8. The van der Waals surface area contributed by atoms with E-state index in [1.807, 2.05) is 49.5 Å². The van der Waals surface area contributed by atoms with Crippen LogP contribution in [0.25, 0.3) is 5.82 Å². The number of rotatable bonds is 5. The Morgan fingerprint density at radius 3 is 2.39 bits per heavy atom. The number of nitrogens with zero attached hydrogens (tertiary/aromatic N) is 6. The van der Waals surface area contributed by atoms with Crippen molar-refractivity contribution in [1.82, 2.24) is 24.1 Å². The summed E-state index contributed by atoms with van der Waals surface area (Å²) in [5.74, 6) is 1.49. The SMILES string of the molecule is Cc1ccc(CS(=O)(=O)N2CCN(c3cc(-n4cccn4)ncn3)CC2)cc1. The molecule has 1 saturated heterocycles. The summed E-state index contributed by atoms with van der Waals surface area (Å²) in [6.45, 7) is 4.04. The second-order valence-electron chi connectivity index (χ2n) is 6.81. The summed E-state index contributed by atoms with van der Waals surface area (Å²) in [6.07, 6.45) is 5.02. The highest BCUT2D eigenvalue weighted by atomic mass is 32.2. The van der Waals surface area contributed by atoms with Crippen molar-refractivity contribution in [2.75, 3.05) is 31.1 Å². The van der Waals surface area contributed by atoms with Gasteiger partial charge in [-0.15, -0.1) is 0 Å². The number of hydrogen-bond acceptors (Lipinski definition) is 6. The Kier molecular flexibility index (Phi) is 5.10. The number of anilines is 1. The molecule has 1 aliphatic rings. The molecule has 3 aromatic rings. The van der Waals surface area contributed by atoms with Crippen LogP contribution >= 0.6 is 0 Å². The first-order valence-electron chi connectivity index (χ1n) is 9.12. The zero-order chi connectivity index (χ0) is 19.6. The van der Waals surface area contributed by atoms with Gasteiger partial charge in [-0.2, -0.15) is 9.40 Å². The number of piperazine rings is 1. The summed E-state index contributed by atoms with van der Waals surface area (Å²) in [4.78, 5) is 10.7. The first-order chi connectivity index (χ1) is 13.5. The molecule has 8 nitrogen and oxygen atoms in total. The molecule has 0 unspecified atom stereocenters. The molecule has 0 saturated carbocycles. The molecule has 0 amide bonds. The second-order valence-corrected chi connectivity index (χ2v) is 8.78. The lowest BCUT2D eigenvalue weighted by atomic mass is 10.2. The maximum Gasteiger partial charge on any atom is 0.218 e. The summed E-state index contributed by atoms with van der Waals surface area (Å²) in [5.41, 5.74) is 1.93. The molecule has 0 radical (unpaired) electrons. The van der Waals surface area contributed by atoms with E-state index in [1.165, 1.54) is 6.33 Å². The molecule has 0 bridgehead atoms. The van der Waals surface area contributed by atoms with Crippen molar-refractivity contribution >= 4 is 15.8 Å². The third-order valence-corrected chi connectivity index (χ3v) is 6.65. The van der Waals surface area contributed by atoms with Crippen molar-refractivity contribution < 1.29 is 8.42 Å². The van der Waals surface area contributed by atoms with Crippen molar-refractivity contribution in [2.45, 2.75) is 12.7 Å². The minimum absolute atomic E-state index is 0.0320. The van der Waals surface area contributed by atoms with E-state index in [0.717, 1.165) is 16.9 Å². The summed E-state index contributed by atoms with van der Waals surface area (Å²) < 4.78 is 28.8. The minimum Gasteiger partial charge on any atom is -0.354 e. The first kappa shape index (κ1) is 18.6. The highest BCUT2D eigenvalue weighted by Gasteiger charge is 2.27. The largest absolute Gasteiger partial charge is 0.354 e. The van der Waals surface area contributed by atoms with Crippen LogP contribution in [-0.4, -0.2) is 58.7 Å². The average molecular weight is 398 g/mol. The molecule has 1 aliphatic heterocycles. The zero-order valence-corrected chi connectivity index (χ0v) is 16.5. The zero-order valence-electron chi connectivity index (χ0n) is 15.6. The lowest BCUT2D eigenvalue weighted by Gasteiger charge is -2.34. The van der Waals surface area contributed by atoms with Gasteiger partial charge in [0.1, 0.15) is 12.1 Å². The van der Waals surface area contributed by atoms with E-state index in [0.29, 0.717) is 32.0 Å². The Morgan fingerprint density at radius 2 is 1.71 bits per heavy atom. The molecule has 28 heavy (non-hydrogen) atoms. The Balaban J connectivity index is 1.42. The smallest absolute Gasteiger partial charge is 0.218 e. The standard InChI is InChI=1S/C19H22N6O2S/c1-16-3-5-17(6-4-16)14-28(26,27)24-11-9-23(10-12-24)18-13-19(21-15-20-18)25-8-2-7-22-25/h2-8,13,15H,9-12,14H2,1H3. The maximum absolute atomic E-state index is 12.8. The van der Waals surface area contributed by atoms with Crippen LogP contribution in [0.2, 0.25) is 0 Å². The Hall–Kier alpha value is -2.78. The van der Waals surface area contributed by atoms with E-state index >= 15 is 0 Å². The highest BCUT2D eigenvalue weighted by Crippen LogP contribution is 2.19. The number of aryl methyl sites for hydroxylation is 1. The van der Waals surface area contributed by atoms with Crippen LogP contribution in [0.15, 0.2) is 55.1 Å². The fourth-order valence-corrected chi connectivity index (χ4v) is 4.74. The molecule has 3 heterocycles. The van der Waals surface area contributed by atoms with Gasteiger partial charge in [-0.05, 0) is 18.6 Å². The summed E-state index contributed by atoms with van der Waals surface area (Å²) in [6, 6.07) is 11.3. The van der Waals surface area contributed by atoms with E-state index in [4.69, 9.17) is 0 Å². The van der Waals surface area contributed by atoms with Crippen molar-refractivity contribution in [2.24, 2.45) is 0 Å². The molecule has 4 rings (SSSR count). The normalized spacial score (nSPS) is 15.7. The van der Waals surface area contributed by atoms with Gasteiger partial charge in [0.2, 0.25) is 10.0 Å². The van der Waals surface area contributed by atoms with E-state index in [9.17, 15) is 8.42 Å².